The van der Waals surface area contributed by atoms with Crippen LogP contribution in [0.5, 0.6) is 5.88 Å². The fraction of sp³-hybridized carbons (Fsp3) is 0. The molecule has 2 heterocycles. The maximum atomic E-state index is 11.4. The molecule has 0 aliphatic heterocycles. The highest BCUT2D eigenvalue weighted by atomic mass is 79.9. The fourth-order valence-electron chi connectivity index (χ4n) is 1.03. The molecule has 0 atom stereocenters. The third-order valence-corrected chi connectivity index (χ3v) is 4.92. The lowest BCUT2D eigenvalue weighted by molar-refractivity contribution is 0.448. The topological polar surface area (TPSA) is 66.0 Å². The summed E-state index contributed by atoms with van der Waals surface area (Å²) < 4.78 is 1.29. The summed E-state index contributed by atoms with van der Waals surface area (Å²) >= 11 is 13.3. The second-order valence-electron chi connectivity index (χ2n) is 2.78. The van der Waals surface area contributed by atoms with Crippen LogP contribution in [0.2, 0.25) is 4.34 Å². The normalized spacial score (nSPS) is 10.7. The molecule has 0 amide bonds. The Balaban J connectivity index is 2.61. The first-order valence-electron chi connectivity index (χ1n) is 3.93. The molecule has 2 aromatic heterocycles. The molecule has 2 rings (SSSR count). The van der Waals surface area contributed by atoms with Crippen molar-refractivity contribution in [3.05, 3.63) is 29.7 Å². The van der Waals surface area contributed by atoms with Crippen LogP contribution < -0.4 is 5.56 Å². The lowest BCUT2D eigenvalue weighted by Gasteiger charge is -1.98. The summed E-state index contributed by atoms with van der Waals surface area (Å²) in [5.74, 6) is -0.0669. The second kappa shape index (κ2) is 4.48. The Morgan fingerprint density at radius 1 is 1.50 bits per heavy atom. The molecule has 0 aromatic carbocycles. The first-order valence-corrected chi connectivity index (χ1v) is 6.71. The van der Waals surface area contributed by atoms with Gasteiger partial charge >= 0.3 is 0 Å². The van der Waals surface area contributed by atoms with Crippen molar-refractivity contribution >= 4 is 54.8 Å². The minimum absolute atomic E-state index is 0.0120. The van der Waals surface area contributed by atoms with Crippen molar-refractivity contribution in [1.29, 1.82) is 0 Å². The highest BCUT2D eigenvalue weighted by molar-refractivity contribution is 9.11. The number of hydrogen-bond acceptors (Lipinski definition) is 4. The average molecular weight is 386 g/mol. The summed E-state index contributed by atoms with van der Waals surface area (Å²) in [6.45, 7) is 0. The van der Waals surface area contributed by atoms with Crippen molar-refractivity contribution in [2.24, 2.45) is 0 Å². The molecule has 2 aromatic rings. The lowest BCUT2D eigenvalue weighted by Crippen LogP contribution is -2.09. The summed E-state index contributed by atoms with van der Waals surface area (Å²) in [5.41, 5.74) is -0.442. The highest BCUT2D eigenvalue weighted by Crippen LogP contribution is 2.36. The van der Waals surface area contributed by atoms with Crippen LogP contribution in [0.1, 0.15) is 0 Å². The lowest BCUT2D eigenvalue weighted by atomic mass is 10.4. The van der Waals surface area contributed by atoms with E-state index in [1.165, 1.54) is 11.3 Å². The number of halogens is 3. The zero-order valence-electron chi connectivity index (χ0n) is 7.42. The van der Waals surface area contributed by atoms with E-state index in [4.69, 9.17) is 11.6 Å². The van der Waals surface area contributed by atoms with Crippen molar-refractivity contribution in [3.8, 4) is 16.6 Å². The zero-order chi connectivity index (χ0) is 11.9. The molecule has 8 heteroatoms. The molecule has 0 bridgehead atoms. The van der Waals surface area contributed by atoms with Crippen molar-refractivity contribution in [2.75, 3.05) is 0 Å². The van der Waals surface area contributed by atoms with Crippen LogP contribution in [0.25, 0.3) is 10.7 Å². The molecule has 0 spiro atoms. The number of nitrogens with zero attached hydrogens (tertiary/aromatic N) is 1. The van der Waals surface area contributed by atoms with E-state index in [0.717, 1.165) is 4.47 Å². The largest absolute Gasteiger partial charge is 0.492 e. The van der Waals surface area contributed by atoms with Crippen LogP contribution in [0, 0.1) is 0 Å². The summed E-state index contributed by atoms with van der Waals surface area (Å²) in [7, 11) is 0. The minimum Gasteiger partial charge on any atom is -0.492 e. The van der Waals surface area contributed by atoms with Gasteiger partial charge in [0.25, 0.3) is 5.56 Å². The summed E-state index contributed by atoms with van der Waals surface area (Å²) in [6, 6.07) is 1.72. The van der Waals surface area contributed by atoms with E-state index < -0.39 is 5.56 Å². The number of hydrogen-bond donors (Lipinski definition) is 2. The molecule has 0 aliphatic carbocycles. The van der Waals surface area contributed by atoms with Crippen LogP contribution >= 0.6 is 54.8 Å². The molecule has 16 heavy (non-hydrogen) atoms. The Morgan fingerprint density at radius 2 is 2.19 bits per heavy atom. The Morgan fingerprint density at radius 3 is 2.69 bits per heavy atom. The first kappa shape index (κ1) is 12.1. The van der Waals surface area contributed by atoms with E-state index in [9.17, 15) is 9.90 Å². The molecule has 0 aliphatic rings. The number of aromatic amines is 1. The molecule has 0 radical (unpaired) electrons. The first-order chi connectivity index (χ1) is 7.49. The van der Waals surface area contributed by atoms with Gasteiger partial charge in [0.15, 0.2) is 5.82 Å². The Labute approximate surface area is 116 Å². The predicted molar refractivity (Wildman–Crippen MR) is 70.2 cm³/mol. The third-order valence-electron chi connectivity index (χ3n) is 1.72. The average Bonchev–Trinajstić information content (AvgIpc) is 2.55. The maximum Gasteiger partial charge on any atom is 0.269 e. The van der Waals surface area contributed by atoms with Gasteiger partial charge in [-0.1, -0.05) is 11.6 Å². The maximum absolute atomic E-state index is 11.4. The van der Waals surface area contributed by atoms with E-state index in [2.05, 4.69) is 41.8 Å². The van der Waals surface area contributed by atoms with Gasteiger partial charge in [0.05, 0.1) is 4.88 Å². The summed E-state index contributed by atoms with van der Waals surface area (Å²) in [5, 5.41) is 9.40. The zero-order valence-corrected chi connectivity index (χ0v) is 12.2. The Kier molecular flexibility index (Phi) is 3.39. The van der Waals surface area contributed by atoms with Gasteiger partial charge in [-0.15, -0.1) is 11.3 Å². The summed E-state index contributed by atoms with van der Waals surface area (Å²) in [6.07, 6.45) is 0. The monoisotopic (exact) mass is 384 g/mol. The quantitative estimate of drug-likeness (QED) is 0.790. The van der Waals surface area contributed by atoms with Gasteiger partial charge in [-0.25, -0.2) is 0 Å². The van der Waals surface area contributed by atoms with Crippen LogP contribution in [-0.2, 0) is 0 Å². The smallest absolute Gasteiger partial charge is 0.269 e. The predicted octanol–water partition coefficient (Wildman–Crippen LogP) is 3.38. The van der Waals surface area contributed by atoms with Gasteiger partial charge < -0.3 is 10.1 Å². The summed E-state index contributed by atoms with van der Waals surface area (Å²) in [4.78, 5) is 18.4. The SMILES string of the molecule is O=c1[nH]c(-c2cc(Br)c(Cl)s2)nc(O)c1Br. The van der Waals surface area contributed by atoms with Crippen LogP contribution in [0.15, 0.2) is 19.8 Å². The van der Waals surface area contributed by atoms with Gasteiger partial charge in [-0.3, -0.25) is 4.79 Å². The molecule has 84 valence electrons. The minimum atomic E-state index is -0.442. The molecule has 2 N–H and O–H groups in total. The van der Waals surface area contributed by atoms with E-state index in [0.29, 0.717) is 9.21 Å². The van der Waals surface area contributed by atoms with Crippen molar-refractivity contribution in [1.82, 2.24) is 9.97 Å². The van der Waals surface area contributed by atoms with Crippen LogP contribution in [-0.4, -0.2) is 15.1 Å². The van der Waals surface area contributed by atoms with Gasteiger partial charge in [0, 0.05) is 4.47 Å². The molecule has 0 saturated heterocycles. The number of rotatable bonds is 1. The number of nitrogens with one attached hydrogen (secondary N) is 1. The molecular weight excluding hydrogens is 383 g/mol. The van der Waals surface area contributed by atoms with Crippen LogP contribution in [0.4, 0.5) is 0 Å². The van der Waals surface area contributed by atoms with Gasteiger partial charge in [-0.2, -0.15) is 4.98 Å². The highest BCUT2D eigenvalue weighted by Gasteiger charge is 2.12. The standard InChI is InChI=1S/C8H3Br2ClN2O2S/c9-2-1-3(16-5(2)11)6-12-7(14)4(10)8(15)13-6/h1H,(H2,12,13,14,15). The van der Waals surface area contributed by atoms with E-state index >= 15 is 0 Å². The second-order valence-corrected chi connectivity index (χ2v) is 6.09. The molecule has 0 fully saturated rings. The molecule has 0 saturated carbocycles. The van der Waals surface area contributed by atoms with Crippen molar-refractivity contribution in [2.45, 2.75) is 0 Å². The van der Waals surface area contributed by atoms with Crippen LogP contribution in [0.3, 0.4) is 0 Å². The van der Waals surface area contributed by atoms with Crippen molar-refractivity contribution < 1.29 is 5.11 Å². The van der Waals surface area contributed by atoms with E-state index in [-0.39, 0.29) is 16.2 Å². The van der Waals surface area contributed by atoms with Gasteiger partial charge in [-0.05, 0) is 37.9 Å². The fourth-order valence-corrected chi connectivity index (χ4v) is 2.86. The Bertz CT molecular complexity index is 591. The number of H-pyrrole nitrogens is 1. The number of thiophene rings is 1. The Hall–Kier alpha value is -0.370. The number of aromatic hydroxyl groups is 1. The third kappa shape index (κ3) is 2.17. The van der Waals surface area contributed by atoms with E-state index in [1.807, 2.05) is 0 Å². The van der Waals surface area contributed by atoms with Gasteiger partial charge in [0.1, 0.15) is 8.81 Å². The van der Waals surface area contributed by atoms with Gasteiger partial charge in [0.2, 0.25) is 5.88 Å². The van der Waals surface area contributed by atoms with Crippen molar-refractivity contribution in [3.63, 3.8) is 0 Å². The molecular formula is C8H3Br2ClN2O2S. The number of aromatic nitrogens is 2. The molecule has 4 nitrogen and oxygen atoms in total. The molecule has 0 unspecified atom stereocenters. The van der Waals surface area contributed by atoms with E-state index in [1.54, 1.807) is 6.07 Å².